The lowest BCUT2D eigenvalue weighted by Crippen LogP contribution is -2.34. The average Bonchev–Trinajstić information content (AvgIpc) is 2.56. The van der Waals surface area contributed by atoms with Gasteiger partial charge in [0.15, 0.2) is 5.11 Å². The maximum atomic E-state index is 12.3. The van der Waals surface area contributed by atoms with Crippen molar-refractivity contribution in [2.75, 3.05) is 11.9 Å². The molecule has 0 aliphatic carbocycles. The van der Waals surface area contributed by atoms with Gasteiger partial charge in [0.1, 0.15) is 5.75 Å². The number of amides is 1. The third-order valence-corrected chi connectivity index (χ3v) is 3.77. The molecule has 0 heterocycles. The van der Waals surface area contributed by atoms with Crippen LogP contribution in [0.25, 0.3) is 0 Å². The summed E-state index contributed by atoms with van der Waals surface area (Å²) in [5.41, 5.74) is 3.73. The molecule has 24 heavy (non-hydrogen) atoms. The Labute approximate surface area is 148 Å². The van der Waals surface area contributed by atoms with Crippen LogP contribution in [0.2, 0.25) is 0 Å². The van der Waals surface area contributed by atoms with Gasteiger partial charge in [0.2, 0.25) is 0 Å². The fourth-order valence-electron chi connectivity index (χ4n) is 2.10. The van der Waals surface area contributed by atoms with Crippen LogP contribution in [0.3, 0.4) is 0 Å². The number of nitrogens with one attached hydrogen (secondary N) is 2. The fraction of sp³-hybridized carbons (Fsp3) is 0.263. The van der Waals surface area contributed by atoms with E-state index in [4.69, 9.17) is 17.0 Å². The normalized spacial score (nSPS) is 10.1. The molecule has 1 amide bonds. The van der Waals surface area contributed by atoms with Crippen molar-refractivity contribution in [2.45, 2.75) is 27.2 Å². The van der Waals surface area contributed by atoms with Crippen LogP contribution in [-0.2, 0) is 0 Å². The third-order valence-electron chi connectivity index (χ3n) is 3.56. The van der Waals surface area contributed by atoms with Crippen LogP contribution in [0.5, 0.6) is 5.75 Å². The predicted molar refractivity (Wildman–Crippen MR) is 102 cm³/mol. The molecule has 0 unspecified atom stereocenters. The number of anilines is 1. The van der Waals surface area contributed by atoms with Crippen molar-refractivity contribution in [1.82, 2.24) is 5.32 Å². The average molecular weight is 342 g/mol. The molecule has 0 spiro atoms. The van der Waals surface area contributed by atoms with Gasteiger partial charge in [-0.15, -0.1) is 0 Å². The molecule has 0 radical (unpaired) electrons. The summed E-state index contributed by atoms with van der Waals surface area (Å²) in [6, 6.07) is 13.0. The Kier molecular flexibility index (Phi) is 6.32. The van der Waals surface area contributed by atoms with E-state index in [-0.39, 0.29) is 11.0 Å². The van der Waals surface area contributed by atoms with Crippen LogP contribution in [0.1, 0.15) is 34.8 Å². The van der Waals surface area contributed by atoms with E-state index in [2.05, 4.69) is 10.6 Å². The highest BCUT2D eigenvalue weighted by Gasteiger charge is 2.09. The molecule has 0 aliphatic rings. The summed E-state index contributed by atoms with van der Waals surface area (Å²) in [4.78, 5) is 12.3. The van der Waals surface area contributed by atoms with Gasteiger partial charge < -0.3 is 10.1 Å². The number of hydrogen-bond acceptors (Lipinski definition) is 3. The largest absolute Gasteiger partial charge is 0.494 e. The van der Waals surface area contributed by atoms with E-state index < -0.39 is 0 Å². The summed E-state index contributed by atoms with van der Waals surface area (Å²) in [5.74, 6) is 0.413. The molecular formula is C19H22N2O2S. The zero-order chi connectivity index (χ0) is 17.5. The summed E-state index contributed by atoms with van der Waals surface area (Å²) < 4.78 is 5.54. The van der Waals surface area contributed by atoms with Crippen LogP contribution >= 0.6 is 12.2 Å². The second kappa shape index (κ2) is 8.45. The van der Waals surface area contributed by atoms with E-state index in [9.17, 15) is 4.79 Å². The minimum Gasteiger partial charge on any atom is -0.494 e. The van der Waals surface area contributed by atoms with Crippen molar-refractivity contribution >= 4 is 28.9 Å². The Morgan fingerprint density at radius 1 is 1.12 bits per heavy atom. The van der Waals surface area contributed by atoms with E-state index in [1.165, 1.54) is 5.56 Å². The van der Waals surface area contributed by atoms with Crippen molar-refractivity contribution in [3.05, 3.63) is 59.2 Å². The SMILES string of the molecule is CCCOc1cccc(C(=O)NC(=S)Nc2ccc(C)c(C)c2)c1. The van der Waals surface area contributed by atoms with Gasteiger partial charge in [-0.25, -0.2) is 0 Å². The second-order valence-corrected chi connectivity index (χ2v) is 5.99. The zero-order valence-electron chi connectivity index (χ0n) is 14.2. The highest BCUT2D eigenvalue weighted by molar-refractivity contribution is 7.80. The topological polar surface area (TPSA) is 50.4 Å². The Morgan fingerprint density at radius 2 is 1.92 bits per heavy atom. The maximum absolute atomic E-state index is 12.3. The molecule has 5 heteroatoms. The van der Waals surface area contributed by atoms with E-state index >= 15 is 0 Å². The first-order valence-corrected chi connectivity index (χ1v) is 8.33. The zero-order valence-corrected chi connectivity index (χ0v) is 15.0. The molecule has 2 aromatic carbocycles. The van der Waals surface area contributed by atoms with Crippen LogP contribution < -0.4 is 15.4 Å². The highest BCUT2D eigenvalue weighted by Crippen LogP contribution is 2.15. The second-order valence-electron chi connectivity index (χ2n) is 5.58. The summed E-state index contributed by atoms with van der Waals surface area (Å²) in [6.07, 6.45) is 0.917. The van der Waals surface area contributed by atoms with Gasteiger partial charge in [-0.3, -0.25) is 10.1 Å². The molecule has 0 bridgehead atoms. The van der Waals surface area contributed by atoms with Crippen molar-refractivity contribution < 1.29 is 9.53 Å². The van der Waals surface area contributed by atoms with Gasteiger partial charge >= 0.3 is 0 Å². The first-order chi connectivity index (χ1) is 11.5. The molecular weight excluding hydrogens is 320 g/mol. The van der Waals surface area contributed by atoms with Gasteiger partial charge in [0.25, 0.3) is 5.91 Å². The molecule has 126 valence electrons. The lowest BCUT2D eigenvalue weighted by Gasteiger charge is -2.11. The summed E-state index contributed by atoms with van der Waals surface area (Å²) in [6.45, 7) is 6.74. The minimum absolute atomic E-state index is 0.265. The maximum Gasteiger partial charge on any atom is 0.257 e. The molecule has 0 aliphatic heterocycles. The molecule has 2 rings (SSSR count). The number of rotatable bonds is 5. The highest BCUT2D eigenvalue weighted by atomic mass is 32.1. The summed E-state index contributed by atoms with van der Waals surface area (Å²) in [5, 5.41) is 5.98. The van der Waals surface area contributed by atoms with Crippen LogP contribution in [0.4, 0.5) is 5.69 Å². The smallest absolute Gasteiger partial charge is 0.257 e. The lowest BCUT2D eigenvalue weighted by molar-refractivity contribution is 0.0977. The van der Waals surface area contributed by atoms with E-state index in [0.717, 1.165) is 17.7 Å². The van der Waals surface area contributed by atoms with Crippen LogP contribution in [0, 0.1) is 13.8 Å². The molecule has 0 atom stereocenters. The minimum atomic E-state index is -0.265. The molecule has 2 N–H and O–H groups in total. The molecule has 0 aromatic heterocycles. The lowest BCUT2D eigenvalue weighted by atomic mass is 10.1. The Morgan fingerprint density at radius 3 is 2.62 bits per heavy atom. The molecule has 4 nitrogen and oxygen atoms in total. The molecule has 2 aromatic rings. The number of thiocarbonyl (C=S) groups is 1. The van der Waals surface area contributed by atoms with Gasteiger partial charge in [-0.05, 0) is 73.9 Å². The van der Waals surface area contributed by atoms with E-state index in [0.29, 0.717) is 17.9 Å². The van der Waals surface area contributed by atoms with Crippen molar-refractivity contribution in [3.63, 3.8) is 0 Å². The Bertz CT molecular complexity index is 744. The van der Waals surface area contributed by atoms with Gasteiger partial charge in [-0.2, -0.15) is 0 Å². The monoisotopic (exact) mass is 342 g/mol. The number of carbonyl (C=O) groups excluding carboxylic acids is 1. The number of benzene rings is 2. The molecule has 0 fully saturated rings. The van der Waals surface area contributed by atoms with Gasteiger partial charge in [-0.1, -0.05) is 19.1 Å². The number of hydrogen-bond donors (Lipinski definition) is 2. The first kappa shape index (κ1) is 17.9. The van der Waals surface area contributed by atoms with Crippen LogP contribution in [0.15, 0.2) is 42.5 Å². The molecule has 0 saturated carbocycles. The Balaban J connectivity index is 1.98. The summed E-state index contributed by atoms with van der Waals surface area (Å²) >= 11 is 5.22. The summed E-state index contributed by atoms with van der Waals surface area (Å²) in [7, 11) is 0. The first-order valence-electron chi connectivity index (χ1n) is 7.92. The van der Waals surface area contributed by atoms with Crippen molar-refractivity contribution in [1.29, 1.82) is 0 Å². The van der Waals surface area contributed by atoms with Crippen LogP contribution in [-0.4, -0.2) is 17.6 Å². The quantitative estimate of drug-likeness (QED) is 0.799. The van der Waals surface area contributed by atoms with Crippen molar-refractivity contribution in [3.8, 4) is 5.75 Å². The fourth-order valence-corrected chi connectivity index (χ4v) is 2.31. The number of carbonyl (C=O) groups is 1. The van der Waals surface area contributed by atoms with Gasteiger partial charge in [0.05, 0.1) is 6.61 Å². The molecule has 0 saturated heterocycles. The van der Waals surface area contributed by atoms with Crippen molar-refractivity contribution in [2.24, 2.45) is 0 Å². The Hall–Kier alpha value is -2.40. The number of aryl methyl sites for hydroxylation is 2. The predicted octanol–water partition coefficient (Wildman–Crippen LogP) is 4.22. The standard InChI is InChI=1S/C19H22N2O2S/c1-4-10-23-17-7-5-6-15(12-17)18(22)21-19(24)20-16-9-8-13(2)14(3)11-16/h5-9,11-12H,4,10H2,1-3H3,(H2,20,21,22,24). The van der Waals surface area contributed by atoms with E-state index in [1.807, 2.05) is 45.0 Å². The van der Waals surface area contributed by atoms with Gasteiger partial charge in [0, 0.05) is 11.3 Å². The van der Waals surface area contributed by atoms with E-state index in [1.54, 1.807) is 18.2 Å². The third kappa shape index (κ3) is 5.06. The number of ether oxygens (including phenoxy) is 1.